The van der Waals surface area contributed by atoms with Crippen LogP contribution in [0.15, 0.2) is 71.6 Å². The molecule has 1 aliphatic heterocycles. The van der Waals surface area contributed by atoms with E-state index in [1.807, 2.05) is 24.3 Å². The maximum atomic E-state index is 13.9. The SMILES string of the molecule is CCCCOc1ccc(/C=C2\SC(Nc3ccccc3)N([C@@H]3CCCC[C@H]3C)C2=O)c2ccccc12. The molecule has 1 heterocycles. The van der Waals surface area contributed by atoms with E-state index in [1.54, 1.807) is 11.8 Å². The number of rotatable bonds is 8. The molecule has 5 heteroatoms. The third-order valence-electron chi connectivity index (χ3n) is 7.38. The highest BCUT2D eigenvalue weighted by Gasteiger charge is 2.42. The van der Waals surface area contributed by atoms with Crippen molar-refractivity contribution in [3.63, 3.8) is 0 Å². The standard InChI is InChI=1S/C31H36N2O2S/c1-3-4-20-35-28-19-18-23(25-15-9-10-16-26(25)28)21-29-30(34)33(27-17-11-8-12-22(27)2)31(36-29)32-24-13-6-5-7-14-24/h5-7,9-10,13-16,18-19,21-22,27,31-32H,3-4,8,11-12,17,20H2,1-2H3/b29-21-/t22-,27-,31?/m1/s1. The third-order valence-corrected chi connectivity index (χ3v) is 8.50. The summed E-state index contributed by atoms with van der Waals surface area (Å²) in [7, 11) is 0. The van der Waals surface area contributed by atoms with E-state index in [0.717, 1.165) is 58.5 Å². The Balaban J connectivity index is 1.48. The van der Waals surface area contributed by atoms with Gasteiger partial charge in [-0.3, -0.25) is 4.79 Å². The first-order valence-corrected chi connectivity index (χ1v) is 14.2. The molecule has 0 spiro atoms. The molecule has 2 aliphatic rings. The number of thioether (sulfide) groups is 1. The van der Waals surface area contributed by atoms with Crippen LogP contribution in [0.5, 0.6) is 5.75 Å². The van der Waals surface area contributed by atoms with Gasteiger partial charge in [-0.25, -0.2) is 0 Å². The fourth-order valence-electron chi connectivity index (χ4n) is 5.38. The summed E-state index contributed by atoms with van der Waals surface area (Å²) in [6.07, 6.45) is 8.92. The zero-order valence-electron chi connectivity index (χ0n) is 21.3. The van der Waals surface area contributed by atoms with E-state index in [-0.39, 0.29) is 17.4 Å². The Morgan fingerprint density at radius 1 is 1.00 bits per heavy atom. The van der Waals surface area contributed by atoms with Crippen molar-refractivity contribution in [2.45, 2.75) is 63.9 Å². The predicted octanol–water partition coefficient (Wildman–Crippen LogP) is 7.91. The first-order valence-electron chi connectivity index (χ1n) is 13.3. The van der Waals surface area contributed by atoms with E-state index in [1.165, 1.54) is 19.3 Å². The van der Waals surface area contributed by atoms with Crippen LogP contribution in [0.1, 0.15) is 57.9 Å². The zero-order chi connectivity index (χ0) is 24.9. The number of para-hydroxylation sites is 1. The quantitative estimate of drug-likeness (QED) is 0.252. The second kappa shape index (κ2) is 11.4. The molecule has 2 fully saturated rings. The summed E-state index contributed by atoms with van der Waals surface area (Å²) in [6, 6.07) is 23.0. The van der Waals surface area contributed by atoms with Gasteiger partial charge < -0.3 is 15.0 Å². The largest absolute Gasteiger partial charge is 0.493 e. The molecule has 3 atom stereocenters. The van der Waals surface area contributed by atoms with Crippen molar-refractivity contribution in [2.24, 2.45) is 5.92 Å². The normalized spacial score (nSPS) is 23.4. The van der Waals surface area contributed by atoms with Gasteiger partial charge in [-0.1, -0.05) is 93.4 Å². The molecule has 188 valence electrons. The number of anilines is 1. The number of nitrogens with one attached hydrogen (secondary N) is 1. The molecule has 36 heavy (non-hydrogen) atoms. The summed E-state index contributed by atoms with van der Waals surface area (Å²) >= 11 is 1.64. The lowest BCUT2D eigenvalue weighted by molar-refractivity contribution is -0.129. The van der Waals surface area contributed by atoms with Gasteiger partial charge >= 0.3 is 0 Å². The van der Waals surface area contributed by atoms with Crippen molar-refractivity contribution < 1.29 is 9.53 Å². The van der Waals surface area contributed by atoms with Gasteiger partial charge in [0.25, 0.3) is 5.91 Å². The predicted molar refractivity (Wildman–Crippen MR) is 152 cm³/mol. The Hall–Kier alpha value is -2.92. The number of fused-ring (bicyclic) bond motifs is 1. The van der Waals surface area contributed by atoms with Crippen molar-refractivity contribution in [1.82, 2.24) is 4.90 Å². The van der Waals surface area contributed by atoms with Gasteiger partial charge in [0, 0.05) is 17.1 Å². The molecule has 0 aromatic heterocycles. The van der Waals surface area contributed by atoms with Gasteiger partial charge in [0.05, 0.1) is 11.5 Å². The highest BCUT2D eigenvalue weighted by atomic mass is 32.2. The van der Waals surface area contributed by atoms with Gasteiger partial charge in [-0.2, -0.15) is 0 Å². The first kappa shape index (κ1) is 24.8. The maximum Gasteiger partial charge on any atom is 0.262 e. The number of carbonyl (C=O) groups excluding carboxylic acids is 1. The number of hydrogen-bond donors (Lipinski definition) is 1. The Bertz CT molecular complexity index is 1230. The Kier molecular flexibility index (Phi) is 7.86. The summed E-state index contributed by atoms with van der Waals surface area (Å²) in [5.41, 5.74) is 1.98. The molecule has 3 aromatic carbocycles. The smallest absolute Gasteiger partial charge is 0.262 e. The van der Waals surface area contributed by atoms with Crippen LogP contribution >= 0.6 is 11.8 Å². The van der Waals surface area contributed by atoms with Crippen LogP contribution < -0.4 is 10.1 Å². The van der Waals surface area contributed by atoms with E-state index < -0.39 is 0 Å². The van der Waals surface area contributed by atoms with Crippen molar-refractivity contribution in [3.05, 3.63) is 77.2 Å². The Labute approximate surface area is 219 Å². The van der Waals surface area contributed by atoms with E-state index in [4.69, 9.17) is 4.74 Å². The molecule has 0 radical (unpaired) electrons. The maximum absolute atomic E-state index is 13.9. The summed E-state index contributed by atoms with van der Waals surface area (Å²) < 4.78 is 6.09. The molecule has 1 amide bonds. The van der Waals surface area contributed by atoms with E-state index in [0.29, 0.717) is 5.92 Å². The molecule has 3 aromatic rings. The average Bonchev–Trinajstić information content (AvgIpc) is 3.20. The van der Waals surface area contributed by atoms with E-state index >= 15 is 0 Å². The lowest BCUT2D eigenvalue weighted by atomic mass is 9.85. The lowest BCUT2D eigenvalue weighted by Gasteiger charge is -2.39. The van der Waals surface area contributed by atoms with Crippen molar-refractivity contribution >= 4 is 40.2 Å². The van der Waals surface area contributed by atoms with Crippen molar-refractivity contribution in [1.29, 1.82) is 0 Å². The zero-order valence-corrected chi connectivity index (χ0v) is 22.1. The van der Waals surface area contributed by atoms with Crippen LogP contribution in [0.4, 0.5) is 5.69 Å². The topological polar surface area (TPSA) is 41.6 Å². The molecule has 0 bridgehead atoms. The third kappa shape index (κ3) is 5.27. The van der Waals surface area contributed by atoms with Crippen LogP contribution in [0, 0.1) is 5.92 Å². The molecule has 1 unspecified atom stereocenters. The fourth-order valence-corrected chi connectivity index (χ4v) is 6.58. The van der Waals surface area contributed by atoms with Crippen LogP contribution in [0.25, 0.3) is 16.8 Å². The number of unbranched alkanes of at least 4 members (excludes halogenated alkanes) is 1. The molecular formula is C31H36N2O2S. The minimum atomic E-state index is -0.111. The number of nitrogens with zero attached hydrogens (tertiary/aromatic N) is 1. The van der Waals surface area contributed by atoms with Crippen LogP contribution in [0.2, 0.25) is 0 Å². The summed E-state index contributed by atoms with van der Waals surface area (Å²) in [5, 5.41) is 5.85. The average molecular weight is 501 g/mol. The molecule has 1 aliphatic carbocycles. The van der Waals surface area contributed by atoms with Crippen LogP contribution in [-0.4, -0.2) is 29.0 Å². The summed E-state index contributed by atoms with van der Waals surface area (Å²) in [6.45, 7) is 5.19. The highest BCUT2D eigenvalue weighted by molar-refractivity contribution is 8.05. The van der Waals surface area contributed by atoms with E-state index in [9.17, 15) is 4.79 Å². The fraction of sp³-hybridized carbons (Fsp3) is 0.387. The monoisotopic (exact) mass is 500 g/mol. The molecular weight excluding hydrogens is 464 g/mol. The number of amides is 1. The minimum Gasteiger partial charge on any atom is -0.493 e. The van der Waals surface area contributed by atoms with Gasteiger partial charge in [-0.15, -0.1) is 0 Å². The second-order valence-corrected chi connectivity index (χ2v) is 11.1. The Morgan fingerprint density at radius 2 is 1.75 bits per heavy atom. The minimum absolute atomic E-state index is 0.111. The number of ether oxygens (including phenoxy) is 1. The van der Waals surface area contributed by atoms with Crippen molar-refractivity contribution in [3.8, 4) is 5.75 Å². The Morgan fingerprint density at radius 3 is 2.53 bits per heavy atom. The first-order chi connectivity index (χ1) is 17.7. The molecule has 1 saturated carbocycles. The van der Waals surface area contributed by atoms with Crippen molar-refractivity contribution in [2.75, 3.05) is 11.9 Å². The van der Waals surface area contributed by atoms with Gasteiger partial charge in [-0.05, 0) is 60.4 Å². The molecule has 1 N–H and O–H groups in total. The summed E-state index contributed by atoms with van der Waals surface area (Å²) in [4.78, 5) is 16.8. The lowest BCUT2D eigenvalue weighted by Crippen LogP contribution is -2.48. The summed E-state index contributed by atoms with van der Waals surface area (Å²) in [5.74, 6) is 1.55. The molecule has 4 nitrogen and oxygen atoms in total. The second-order valence-electron chi connectivity index (χ2n) is 9.93. The molecule has 1 saturated heterocycles. The molecule has 5 rings (SSSR count). The van der Waals surface area contributed by atoms with Crippen LogP contribution in [-0.2, 0) is 4.79 Å². The number of carbonyl (C=O) groups is 1. The van der Waals surface area contributed by atoms with Gasteiger partial charge in [0.15, 0.2) is 5.50 Å². The number of hydrogen-bond acceptors (Lipinski definition) is 4. The van der Waals surface area contributed by atoms with Crippen LogP contribution in [0.3, 0.4) is 0 Å². The highest BCUT2D eigenvalue weighted by Crippen LogP contribution is 2.43. The number of benzene rings is 3. The van der Waals surface area contributed by atoms with E-state index in [2.05, 4.69) is 72.6 Å². The van der Waals surface area contributed by atoms with Gasteiger partial charge in [0.1, 0.15) is 5.75 Å². The van der Waals surface area contributed by atoms with Gasteiger partial charge in [0.2, 0.25) is 0 Å².